The molecule has 0 bridgehead atoms. The Bertz CT molecular complexity index is 1200. The number of alkyl halides is 3. The second-order valence-electron chi connectivity index (χ2n) is 9.90. The number of rotatable bonds is 9. The van der Waals surface area contributed by atoms with Crippen molar-refractivity contribution in [3.05, 3.63) is 52.1 Å². The Balaban J connectivity index is 0.00000462. The number of piperidine rings is 1. The third-order valence-corrected chi connectivity index (χ3v) is 7.46. The number of carbonyl (C=O) groups excluding carboxylic acids is 1. The van der Waals surface area contributed by atoms with Crippen molar-refractivity contribution in [3.8, 4) is 11.5 Å². The van der Waals surface area contributed by atoms with Crippen molar-refractivity contribution in [2.24, 2.45) is 0 Å². The topological polar surface area (TPSA) is 100 Å². The number of hydrogen-bond acceptors (Lipinski definition) is 8. The predicted molar refractivity (Wildman–Crippen MR) is 151 cm³/mol. The van der Waals surface area contributed by atoms with Gasteiger partial charge in [0.2, 0.25) is 5.91 Å². The molecule has 0 saturated carbocycles. The molecule has 2 aliphatic rings. The molecule has 2 heterocycles. The first-order valence-corrected chi connectivity index (χ1v) is 13.2. The fraction of sp³-hybridized carbons (Fsp3) is 0.536. The van der Waals surface area contributed by atoms with Crippen LogP contribution in [0.5, 0.6) is 11.5 Å². The molecule has 41 heavy (non-hydrogen) atoms. The summed E-state index contributed by atoms with van der Waals surface area (Å²) in [6.45, 7) is 5.01. The lowest BCUT2D eigenvalue weighted by Crippen LogP contribution is -2.48. The molecule has 0 atom stereocenters. The first-order chi connectivity index (χ1) is 19.1. The average molecular weight is 582 g/mol. The number of carbonyl (C=O) groups is 1. The highest BCUT2D eigenvalue weighted by molar-refractivity contribution is 5.76. The number of benzene rings is 2. The monoisotopic (exact) mass is 581 g/mol. The zero-order valence-corrected chi connectivity index (χ0v) is 22.6. The number of nitrogens with zero attached hydrogens (tertiary/aromatic N) is 4. The van der Waals surface area contributed by atoms with E-state index in [1.165, 1.54) is 6.07 Å². The number of piperazine rings is 1. The van der Waals surface area contributed by atoms with Crippen LogP contribution in [0.3, 0.4) is 0 Å². The number of anilines is 2. The maximum absolute atomic E-state index is 13.3. The van der Waals surface area contributed by atoms with E-state index < -0.39 is 22.4 Å². The molecule has 2 aromatic carbocycles. The lowest BCUT2D eigenvalue weighted by Gasteiger charge is -2.37. The number of nitro groups is 1. The van der Waals surface area contributed by atoms with Gasteiger partial charge in [-0.05, 0) is 37.1 Å². The molecule has 2 saturated heterocycles. The molecule has 2 aliphatic heterocycles. The van der Waals surface area contributed by atoms with E-state index in [4.69, 9.17) is 9.47 Å². The van der Waals surface area contributed by atoms with E-state index in [2.05, 4.69) is 15.1 Å². The third-order valence-electron chi connectivity index (χ3n) is 7.46. The maximum atomic E-state index is 13.3. The van der Waals surface area contributed by atoms with Gasteiger partial charge in [-0.15, -0.1) is 0 Å². The molecule has 1 amide bonds. The summed E-state index contributed by atoms with van der Waals surface area (Å²) in [5.41, 5.74) is -1.01. The lowest BCUT2D eigenvalue weighted by atomic mass is 10.0. The molecule has 10 nitrogen and oxygen atoms in total. The molecule has 0 unspecified atom stereocenters. The zero-order valence-electron chi connectivity index (χ0n) is 22.6. The molecule has 13 heteroatoms. The summed E-state index contributed by atoms with van der Waals surface area (Å²) in [7, 11) is 3.22. The van der Waals surface area contributed by atoms with Gasteiger partial charge in [-0.2, -0.15) is 13.2 Å². The van der Waals surface area contributed by atoms with E-state index >= 15 is 0 Å². The van der Waals surface area contributed by atoms with E-state index in [1.54, 1.807) is 19.1 Å². The molecule has 0 spiro atoms. The second-order valence-corrected chi connectivity index (χ2v) is 9.90. The summed E-state index contributed by atoms with van der Waals surface area (Å²) in [6, 6.07) is 8.68. The number of nitrogens with one attached hydrogen (secondary N) is 1. The largest absolute Gasteiger partial charge is 0.493 e. The highest BCUT2D eigenvalue weighted by Gasteiger charge is 2.38. The zero-order chi connectivity index (χ0) is 28.9. The minimum Gasteiger partial charge on any atom is -0.493 e. The minimum atomic E-state index is -4.83. The summed E-state index contributed by atoms with van der Waals surface area (Å²) >= 11 is 0. The number of ether oxygens (including phenoxy) is 2. The first kappa shape index (κ1) is 31.8. The molecule has 2 aromatic rings. The van der Waals surface area contributed by atoms with Crippen LogP contribution in [0.1, 0.15) is 32.3 Å². The number of hydrogen-bond donors (Lipinski definition) is 1. The van der Waals surface area contributed by atoms with E-state index in [1.807, 2.05) is 18.2 Å². The van der Waals surface area contributed by atoms with Gasteiger partial charge in [0.1, 0.15) is 5.56 Å². The maximum Gasteiger partial charge on any atom is 0.423 e. The number of likely N-dealkylation sites (tertiary alicyclic amines) is 1. The Morgan fingerprint density at radius 3 is 2.24 bits per heavy atom. The smallest absolute Gasteiger partial charge is 0.423 e. The molecular weight excluding hydrogens is 543 g/mol. The van der Waals surface area contributed by atoms with E-state index in [-0.39, 0.29) is 25.1 Å². The van der Waals surface area contributed by atoms with Crippen LogP contribution in [-0.2, 0) is 11.0 Å². The van der Waals surface area contributed by atoms with E-state index in [0.717, 1.165) is 44.0 Å². The standard InChI is InChI=1S/C27H34F3N5O5.CH4/c1-39-24-6-4-21(18-25(24)40-2)33-15-13-32(14-16-33)10-9-26(36)34-11-7-19(8-12-34)31-20-3-5-23(35(37)38)22(17-20)27(28,29)30;/h3-6,17-19,31H,7-16H2,1-2H3;1H4. The minimum absolute atomic E-state index is 0. The highest BCUT2D eigenvalue weighted by atomic mass is 19.4. The number of methoxy groups -OCH3 is 2. The van der Waals surface area contributed by atoms with Crippen molar-refractivity contribution in [2.45, 2.75) is 38.9 Å². The van der Waals surface area contributed by atoms with Crippen LogP contribution in [0.2, 0.25) is 0 Å². The van der Waals surface area contributed by atoms with Crippen molar-refractivity contribution in [2.75, 3.05) is 70.2 Å². The van der Waals surface area contributed by atoms with Crippen molar-refractivity contribution < 1.29 is 32.4 Å². The molecule has 1 N–H and O–H groups in total. The van der Waals surface area contributed by atoms with Gasteiger partial charge in [0.25, 0.3) is 5.69 Å². The van der Waals surface area contributed by atoms with Gasteiger partial charge in [-0.25, -0.2) is 0 Å². The Hall–Kier alpha value is -3.74. The van der Waals surface area contributed by atoms with Crippen LogP contribution >= 0.6 is 0 Å². The summed E-state index contributed by atoms with van der Waals surface area (Å²) in [5.74, 6) is 1.44. The summed E-state index contributed by atoms with van der Waals surface area (Å²) in [4.78, 5) is 29.1. The SMILES string of the molecule is C.COc1ccc(N2CCN(CCC(=O)N3CCC(Nc4ccc([N+](=O)[O-])c(C(F)(F)F)c4)CC3)CC2)cc1OC. The van der Waals surface area contributed by atoms with E-state index in [0.29, 0.717) is 50.4 Å². The molecule has 0 radical (unpaired) electrons. The molecule has 2 fully saturated rings. The Morgan fingerprint density at radius 1 is 1.00 bits per heavy atom. The van der Waals surface area contributed by atoms with Gasteiger partial charge in [-0.3, -0.25) is 19.8 Å². The normalized spacial score (nSPS) is 16.6. The molecule has 0 aromatic heterocycles. The number of amides is 1. The van der Waals surface area contributed by atoms with Crippen molar-refractivity contribution in [1.29, 1.82) is 0 Å². The fourth-order valence-electron chi connectivity index (χ4n) is 5.18. The summed E-state index contributed by atoms with van der Waals surface area (Å²) < 4.78 is 50.5. The average Bonchev–Trinajstić information content (AvgIpc) is 2.95. The lowest BCUT2D eigenvalue weighted by molar-refractivity contribution is -0.388. The van der Waals surface area contributed by atoms with Crippen LogP contribution in [-0.4, -0.2) is 86.7 Å². The van der Waals surface area contributed by atoms with Gasteiger partial charge < -0.3 is 24.6 Å². The van der Waals surface area contributed by atoms with Gasteiger partial charge in [0, 0.05) is 81.8 Å². The first-order valence-electron chi connectivity index (χ1n) is 13.2. The molecular formula is C28H38F3N5O5. The van der Waals surface area contributed by atoms with Gasteiger partial charge in [0.05, 0.1) is 19.1 Å². The molecule has 226 valence electrons. The van der Waals surface area contributed by atoms with Crippen molar-refractivity contribution >= 4 is 23.0 Å². The van der Waals surface area contributed by atoms with Gasteiger partial charge in [0.15, 0.2) is 11.5 Å². The summed E-state index contributed by atoms with van der Waals surface area (Å²) in [5, 5.41) is 14.0. The van der Waals surface area contributed by atoms with Crippen molar-refractivity contribution in [1.82, 2.24) is 9.80 Å². The Morgan fingerprint density at radius 2 is 1.66 bits per heavy atom. The number of halogens is 3. The highest BCUT2D eigenvalue weighted by Crippen LogP contribution is 2.38. The van der Waals surface area contributed by atoms with Crippen LogP contribution < -0.4 is 19.7 Å². The molecule has 0 aliphatic carbocycles. The summed E-state index contributed by atoms with van der Waals surface area (Å²) in [6.07, 6.45) is -3.26. The van der Waals surface area contributed by atoms with Crippen LogP contribution in [0.4, 0.5) is 30.2 Å². The predicted octanol–water partition coefficient (Wildman–Crippen LogP) is 4.88. The second kappa shape index (κ2) is 13.7. The molecule has 4 rings (SSSR count). The Labute approximate surface area is 238 Å². The van der Waals surface area contributed by atoms with Crippen LogP contribution in [0.15, 0.2) is 36.4 Å². The van der Waals surface area contributed by atoms with Crippen molar-refractivity contribution in [3.63, 3.8) is 0 Å². The quantitative estimate of drug-likeness (QED) is 0.330. The number of nitro benzene ring substituents is 1. The fourth-order valence-corrected chi connectivity index (χ4v) is 5.18. The van der Waals surface area contributed by atoms with Crippen LogP contribution in [0, 0.1) is 10.1 Å². The van der Waals surface area contributed by atoms with Gasteiger partial charge >= 0.3 is 6.18 Å². The van der Waals surface area contributed by atoms with Gasteiger partial charge in [-0.1, -0.05) is 7.43 Å². The van der Waals surface area contributed by atoms with Crippen LogP contribution in [0.25, 0.3) is 0 Å². The van der Waals surface area contributed by atoms with E-state index in [9.17, 15) is 28.1 Å². The third kappa shape index (κ3) is 7.93. The Kier molecular flexibility index (Phi) is 10.7.